The lowest BCUT2D eigenvalue weighted by Gasteiger charge is -2.12. The fraction of sp³-hybridized carbons (Fsp3) is 0.0769. The molecule has 0 aliphatic heterocycles. The number of hydrogen-bond donors (Lipinski definition) is 2. The molecule has 0 aliphatic rings. The molecule has 0 spiro atoms. The number of benzene rings is 1. The van der Waals surface area contributed by atoms with E-state index in [1.165, 1.54) is 6.20 Å². The number of carbonyl (C=O) groups is 1. The second kappa shape index (κ2) is 5.87. The van der Waals surface area contributed by atoms with Gasteiger partial charge < -0.3 is 10.4 Å². The Morgan fingerprint density at radius 3 is 2.74 bits per heavy atom. The van der Waals surface area contributed by atoms with Crippen molar-refractivity contribution in [1.29, 1.82) is 0 Å². The van der Waals surface area contributed by atoms with Crippen molar-refractivity contribution in [2.24, 2.45) is 0 Å². The first-order valence-electron chi connectivity index (χ1n) is 5.39. The summed E-state index contributed by atoms with van der Waals surface area (Å²) in [4.78, 5) is 15.2. The van der Waals surface area contributed by atoms with Gasteiger partial charge in [-0.3, -0.25) is 4.98 Å². The number of carboxylic acid groups (broad SMARTS) is 1. The number of nitrogens with zero attached hydrogens (tertiary/aromatic N) is 1. The summed E-state index contributed by atoms with van der Waals surface area (Å²) in [6.45, 7) is 1.82. The smallest absolute Gasteiger partial charge is 0.339 e. The Labute approximate surface area is 132 Å². The number of aromatic carboxylic acids is 1. The molecule has 0 unspecified atom stereocenters. The topological polar surface area (TPSA) is 62.2 Å². The van der Waals surface area contributed by atoms with Gasteiger partial charge in [-0.05, 0) is 69.7 Å². The van der Waals surface area contributed by atoms with Gasteiger partial charge in [0.15, 0.2) is 0 Å². The molecular formula is C13H10BrIN2O2. The summed E-state index contributed by atoms with van der Waals surface area (Å²) in [6.07, 6.45) is 1.36. The number of halogens is 2. The SMILES string of the molecule is Cc1cc(Nc2ccc(I)cc2Br)c(C(=O)O)cn1. The number of pyridine rings is 1. The quantitative estimate of drug-likeness (QED) is 0.713. The van der Waals surface area contributed by atoms with Gasteiger partial charge in [-0.15, -0.1) is 0 Å². The lowest BCUT2D eigenvalue weighted by atomic mass is 10.2. The van der Waals surface area contributed by atoms with Crippen molar-refractivity contribution in [2.45, 2.75) is 6.92 Å². The molecule has 0 amide bonds. The summed E-state index contributed by atoms with van der Waals surface area (Å²) in [5.41, 5.74) is 2.25. The highest BCUT2D eigenvalue weighted by molar-refractivity contribution is 14.1. The second-order valence-corrected chi connectivity index (χ2v) is 6.03. The molecule has 0 saturated carbocycles. The first-order chi connectivity index (χ1) is 8.97. The molecular weight excluding hydrogens is 423 g/mol. The van der Waals surface area contributed by atoms with E-state index >= 15 is 0 Å². The van der Waals surface area contributed by atoms with E-state index in [-0.39, 0.29) is 5.56 Å². The predicted molar refractivity (Wildman–Crippen MR) is 86.1 cm³/mol. The van der Waals surface area contributed by atoms with Crippen molar-refractivity contribution in [3.8, 4) is 0 Å². The molecule has 1 aromatic carbocycles. The van der Waals surface area contributed by atoms with E-state index in [4.69, 9.17) is 5.11 Å². The molecule has 2 rings (SSSR count). The molecule has 0 aliphatic carbocycles. The largest absolute Gasteiger partial charge is 0.478 e. The summed E-state index contributed by atoms with van der Waals surface area (Å²) < 4.78 is 1.98. The van der Waals surface area contributed by atoms with Crippen LogP contribution in [0.4, 0.5) is 11.4 Å². The normalized spacial score (nSPS) is 10.3. The number of anilines is 2. The Hall–Kier alpha value is -1.15. The van der Waals surface area contributed by atoms with E-state index in [9.17, 15) is 4.79 Å². The molecule has 19 heavy (non-hydrogen) atoms. The number of aromatic nitrogens is 1. The summed E-state index contributed by atoms with van der Waals surface area (Å²) in [5.74, 6) is -1.00. The van der Waals surface area contributed by atoms with Crippen LogP contribution < -0.4 is 5.32 Å². The van der Waals surface area contributed by atoms with Gasteiger partial charge in [0, 0.05) is 19.9 Å². The first-order valence-corrected chi connectivity index (χ1v) is 7.26. The summed E-state index contributed by atoms with van der Waals surface area (Å²) in [6, 6.07) is 7.51. The minimum atomic E-state index is -1.00. The molecule has 0 atom stereocenters. The van der Waals surface area contributed by atoms with Crippen LogP contribution in [0, 0.1) is 10.5 Å². The zero-order valence-electron chi connectivity index (χ0n) is 9.95. The molecule has 0 radical (unpaired) electrons. The van der Waals surface area contributed by atoms with E-state index in [1.54, 1.807) is 6.07 Å². The molecule has 4 nitrogen and oxygen atoms in total. The Balaban J connectivity index is 2.42. The van der Waals surface area contributed by atoms with Crippen LogP contribution in [-0.2, 0) is 0 Å². The monoisotopic (exact) mass is 432 g/mol. The van der Waals surface area contributed by atoms with E-state index in [2.05, 4.69) is 48.8 Å². The second-order valence-electron chi connectivity index (χ2n) is 3.93. The highest BCUT2D eigenvalue weighted by Gasteiger charge is 2.12. The third-order valence-electron chi connectivity index (χ3n) is 2.47. The van der Waals surface area contributed by atoms with Gasteiger partial charge in [0.05, 0.1) is 11.4 Å². The van der Waals surface area contributed by atoms with E-state index in [0.717, 1.165) is 19.4 Å². The van der Waals surface area contributed by atoms with Gasteiger partial charge >= 0.3 is 5.97 Å². The fourth-order valence-electron chi connectivity index (χ4n) is 1.57. The number of carboxylic acids is 1. The number of rotatable bonds is 3. The van der Waals surface area contributed by atoms with Crippen LogP contribution in [0.2, 0.25) is 0 Å². The highest BCUT2D eigenvalue weighted by atomic mass is 127. The Morgan fingerprint density at radius 2 is 2.11 bits per heavy atom. The highest BCUT2D eigenvalue weighted by Crippen LogP contribution is 2.29. The van der Waals surface area contributed by atoms with E-state index in [1.807, 2.05) is 25.1 Å². The molecule has 0 bridgehead atoms. The minimum absolute atomic E-state index is 0.149. The van der Waals surface area contributed by atoms with Crippen molar-refractivity contribution in [3.05, 3.63) is 49.8 Å². The minimum Gasteiger partial charge on any atom is -0.478 e. The van der Waals surface area contributed by atoms with Crippen molar-refractivity contribution in [1.82, 2.24) is 4.98 Å². The zero-order valence-corrected chi connectivity index (χ0v) is 13.7. The van der Waals surface area contributed by atoms with Crippen LogP contribution in [0.1, 0.15) is 16.1 Å². The Kier molecular flexibility index (Phi) is 4.41. The first kappa shape index (κ1) is 14.3. The average molecular weight is 433 g/mol. The van der Waals surface area contributed by atoms with E-state index < -0.39 is 5.97 Å². The van der Waals surface area contributed by atoms with Gasteiger partial charge in [0.1, 0.15) is 5.56 Å². The van der Waals surface area contributed by atoms with Crippen LogP contribution in [-0.4, -0.2) is 16.1 Å². The Bertz CT molecular complexity index is 647. The van der Waals surface area contributed by atoms with Crippen LogP contribution in [0.5, 0.6) is 0 Å². The fourth-order valence-corrected chi connectivity index (χ4v) is 2.97. The number of nitrogens with one attached hydrogen (secondary N) is 1. The maximum Gasteiger partial charge on any atom is 0.339 e. The summed E-state index contributed by atoms with van der Waals surface area (Å²) in [5, 5.41) is 12.3. The molecule has 1 heterocycles. The standard InChI is InChI=1S/C13H10BrIN2O2/c1-7-4-12(9(6-16-7)13(18)19)17-11-3-2-8(15)5-10(11)14/h2-6H,1H3,(H,16,17)(H,18,19). The lowest BCUT2D eigenvalue weighted by Crippen LogP contribution is -2.04. The molecule has 2 aromatic rings. The maximum atomic E-state index is 11.2. The third-order valence-corrected chi connectivity index (χ3v) is 3.80. The molecule has 6 heteroatoms. The third kappa shape index (κ3) is 3.44. The van der Waals surface area contributed by atoms with Crippen LogP contribution >= 0.6 is 38.5 Å². The van der Waals surface area contributed by atoms with Crippen molar-refractivity contribution in [2.75, 3.05) is 5.32 Å². The zero-order chi connectivity index (χ0) is 14.0. The molecule has 2 N–H and O–H groups in total. The van der Waals surface area contributed by atoms with Crippen molar-refractivity contribution in [3.63, 3.8) is 0 Å². The average Bonchev–Trinajstić information content (AvgIpc) is 2.32. The van der Waals surface area contributed by atoms with E-state index in [0.29, 0.717) is 5.69 Å². The van der Waals surface area contributed by atoms with Gasteiger partial charge in [-0.25, -0.2) is 4.79 Å². The van der Waals surface area contributed by atoms with Crippen LogP contribution in [0.3, 0.4) is 0 Å². The van der Waals surface area contributed by atoms with Crippen LogP contribution in [0.25, 0.3) is 0 Å². The number of aryl methyl sites for hydroxylation is 1. The molecule has 0 fully saturated rings. The summed E-state index contributed by atoms with van der Waals surface area (Å²) in [7, 11) is 0. The molecule has 1 aromatic heterocycles. The maximum absolute atomic E-state index is 11.2. The molecule has 0 saturated heterocycles. The lowest BCUT2D eigenvalue weighted by molar-refractivity contribution is 0.0697. The van der Waals surface area contributed by atoms with Crippen LogP contribution in [0.15, 0.2) is 34.9 Å². The summed E-state index contributed by atoms with van der Waals surface area (Å²) >= 11 is 5.67. The van der Waals surface area contributed by atoms with Crippen molar-refractivity contribution >= 4 is 55.9 Å². The Morgan fingerprint density at radius 1 is 1.37 bits per heavy atom. The molecule has 98 valence electrons. The predicted octanol–water partition coefficient (Wildman–Crippen LogP) is 4.20. The van der Waals surface area contributed by atoms with Gasteiger partial charge in [0.2, 0.25) is 0 Å². The van der Waals surface area contributed by atoms with Gasteiger partial charge in [-0.1, -0.05) is 0 Å². The van der Waals surface area contributed by atoms with Gasteiger partial charge in [0.25, 0.3) is 0 Å². The van der Waals surface area contributed by atoms with Crippen molar-refractivity contribution < 1.29 is 9.90 Å². The number of hydrogen-bond acceptors (Lipinski definition) is 3. The van der Waals surface area contributed by atoms with Gasteiger partial charge in [-0.2, -0.15) is 0 Å².